The smallest absolute Gasteiger partial charge is 0.172 e. The summed E-state index contributed by atoms with van der Waals surface area (Å²) in [5.74, 6) is 0. The van der Waals surface area contributed by atoms with E-state index in [1.54, 1.807) is 4.68 Å². The van der Waals surface area contributed by atoms with Gasteiger partial charge in [0.1, 0.15) is 0 Å². The van der Waals surface area contributed by atoms with Crippen LogP contribution >= 0.6 is 11.6 Å². The van der Waals surface area contributed by atoms with Crippen LogP contribution in [0.5, 0.6) is 0 Å². The molecule has 0 aliphatic heterocycles. The highest BCUT2D eigenvalue weighted by Crippen LogP contribution is 2.15. The van der Waals surface area contributed by atoms with Crippen LogP contribution in [0, 0.1) is 0 Å². The van der Waals surface area contributed by atoms with Crippen molar-refractivity contribution in [3.05, 3.63) is 46.2 Å². The predicted octanol–water partition coefficient (Wildman–Crippen LogP) is 3.50. The first-order valence-electron chi connectivity index (χ1n) is 5.96. The molecular weight excluding hydrogens is 262 g/mol. The minimum Gasteiger partial charge on any atom is -0.296 e. The molecule has 0 radical (unpaired) electrons. The number of carbonyl (C=O) groups excluding carboxylic acids is 1. The number of benzene rings is 1. The third kappa shape index (κ3) is 3.09. The lowest BCUT2D eigenvalue weighted by molar-refractivity contribution is 0.111. The number of aldehydes is 1. The Balaban J connectivity index is 2.34. The Labute approximate surface area is 116 Å². The van der Waals surface area contributed by atoms with Crippen molar-refractivity contribution in [1.82, 2.24) is 15.0 Å². The molecule has 0 amide bonds. The average molecular weight is 276 g/mol. The summed E-state index contributed by atoms with van der Waals surface area (Å²) in [7, 11) is 0. The van der Waals surface area contributed by atoms with Gasteiger partial charge in [0.25, 0.3) is 0 Å². The lowest BCUT2D eigenvalue weighted by Crippen LogP contribution is -2.05. The first-order valence-corrected chi connectivity index (χ1v) is 6.33. The molecule has 0 aliphatic rings. The summed E-state index contributed by atoms with van der Waals surface area (Å²) in [5.41, 5.74) is 2.05. The summed E-state index contributed by atoms with van der Waals surface area (Å²) in [6.07, 6.45) is 4.46. The third-order valence-corrected chi connectivity index (χ3v) is 2.91. The number of hydrogen-bond donors (Lipinski definition) is 0. The Morgan fingerprint density at radius 2 is 1.89 bits per heavy atom. The molecule has 4 nitrogen and oxygen atoms in total. The van der Waals surface area contributed by atoms with Crippen molar-refractivity contribution < 1.29 is 4.79 Å². The van der Waals surface area contributed by atoms with E-state index < -0.39 is 0 Å². The second kappa shape index (κ2) is 5.80. The summed E-state index contributed by atoms with van der Waals surface area (Å²) in [4.78, 5) is 11.0. The molecule has 1 aromatic carbocycles. The highest BCUT2D eigenvalue weighted by molar-refractivity contribution is 6.30. The molecule has 2 aromatic rings. The minimum atomic E-state index is 0.145. The highest BCUT2D eigenvalue weighted by Gasteiger charge is 2.11. The summed E-state index contributed by atoms with van der Waals surface area (Å²) in [5, 5.41) is 8.52. The fourth-order valence-corrected chi connectivity index (χ4v) is 1.82. The monoisotopic (exact) mass is 275 g/mol. The van der Waals surface area contributed by atoms with Crippen LogP contribution in [0.1, 0.15) is 41.6 Å². The molecule has 0 saturated carbocycles. The third-order valence-electron chi connectivity index (χ3n) is 2.66. The maximum Gasteiger partial charge on any atom is 0.172 e. The maximum atomic E-state index is 11.0. The van der Waals surface area contributed by atoms with Gasteiger partial charge in [-0.3, -0.25) is 4.79 Å². The van der Waals surface area contributed by atoms with Gasteiger partial charge in [0.2, 0.25) is 0 Å². The zero-order valence-electron chi connectivity index (χ0n) is 10.7. The first kappa shape index (κ1) is 13.5. The molecule has 0 spiro atoms. The Hall–Kier alpha value is -1.94. The van der Waals surface area contributed by atoms with E-state index in [2.05, 4.69) is 10.3 Å². The van der Waals surface area contributed by atoms with Crippen molar-refractivity contribution in [2.24, 2.45) is 0 Å². The van der Waals surface area contributed by atoms with E-state index in [4.69, 9.17) is 11.6 Å². The molecule has 1 aromatic heterocycles. The molecule has 98 valence electrons. The molecule has 0 saturated heterocycles. The molecule has 1 heterocycles. The zero-order chi connectivity index (χ0) is 13.8. The van der Waals surface area contributed by atoms with Crippen LogP contribution in [0.3, 0.4) is 0 Å². The Morgan fingerprint density at radius 1 is 1.21 bits per heavy atom. The lowest BCUT2D eigenvalue weighted by Gasteiger charge is -2.06. The molecule has 2 rings (SSSR count). The number of rotatable bonds is 4. The van der Waals surface area contributed by atoms with E-state index in [0.29, 0.717) is 22.7 Å². The van der Waals surface area contributed by atoms with Crippen molar-refractivity contribution >= 4 is 30.0 Å². The maximum absolute atomic E-state index is 11.0. The van der Waals surface area contributed by atoms with Crippen LogP contribution in [0.2, 0.25) is 5.02 Å². The molecule has 5 heteroatoms. The van der Waals surface area contributed by atoms with E-state index >= 15 is 0 Å². The van der Waals surface area contributed by atoms with Crippen molar-refractivity contribution in [2.75, 3.05) is 0 Å². The van der Waals surface area contributed by atoms with Crippen LogP contribution in [-0.4, -0.2) is 21.3 Å². The fraction of sp³-hybridized carbons (Fsp3) is 0.214. The second-order valence-electron chi connectivity index (χ2n) is 4.40. The largest absolute Gasteiger partial charge is 0.296 e. The molecule has 0 aliphatic carbocycles. The summed E-state index contributed by atoms with van der Waals surface area (Å²) < 4.78 is 1.72. The first-order chi connectivity index (χ1) is 9.11. The van der Waals surface area contributed by atoms with Crippen LogP contribution < -0.4 is 0 Å². The van der Waals surface area contributed by atoms with E-state index in [9.17, 15) is 4.79 Å². The van der Waals surface area contributed by atoms with Crippen molar-refractivity contribution in [3.8, 4) is 0 Å². The molecular formula is C14H14ClN3O. The van der Waals surface area contributed by atoms with Gasteiger partial charge in [-0.15, -0.1) is 5.10 Å². The summed E-state index contributed by atoms with van der Waals surface area (Å²) >= 11 is 5.83. The topological polar surface area (TPSA) is 47.8 Å². The van der Waals surface area contributed by atoms with Crippen LogP contribution in [0.4, 0.5) is 0 Å². The van der Waals surface area contributed by atoms with Crippen molar-refractivity contribution in [2.45, 2.75) is 19.9 Å². The normalized spacial score (nSPS) is 11.4. The van der Waals surface area contributed by atoms with Gasteiger partial charge in [-0.25, -0.2) is 4.68 Å². The lowest BCUT2D eigenvalue weighted by atomic mass is 10.2. The standard InChI is InChI=1S/C14H14ClN3O/c1-10(2)18-14(13(9-19)16-17-18)8-5-11-3-6-12(15)7-4-11/h3-10H,1-2H3/b8-5+. The van der Waals surface area contributed by atoms with Gasteiger partial charge in [0, 0.05) is 11.1 Å². The van der Waals surface area contributed by atoms with Crippen LogP contribution in [0.25, 0.3) is 12.2 Å². The SMILES string of the molecule is CC(C)n1nnc(C=O)c1/C=C/c1ccc(Cl)cc1. The number of carbonyl (C=O) groups is 1. The molecule has 0 fully saturated rings. The van der Waals surface area contributed by atoms with Gasteiger partial charge in [-0.1, -0.05) is 35.0 Å². The van der Waals surface area contributed by atoms with Gasteiger partial charge < -0.3 is 0 Å². The van der Waals surface area contributed by atoms with Gasteiger partial charge in [0.15, 0.2) is 12.0 Å². The Kier molecular flexibility index (Phi) is 4.12. The highest BCUT2D eigenvalue weighted by atomic mass is 35.5. The van der Waals surface area contributed by atoms with Crippen LogP contribution in [-0.2, 0) is 0 Å². The number of aromatic nitrogens is 3. The molecule has 0 bridgehead atoms. The molecule has 0 atom stereocenters. The predicted molar refractivity (Wildman–Crippen MR) is 76.2 cm³/mol. The quantitative estimate of drug-likeness (QED) is 0.803. The number of nitrogens with zero attached hydrogens (tertiary/aromatic N) is 3. The van der Waals surface area contributed by atoms with Crippen molar-refractivity contribution in [3.63, 3.8) is 0 Å². The minimum absolute atomic E-state index is 0.145. The summed E-state index contributed by atoms with van der Waals surface area (Å²) in [6.45, 7) is 3.98. The second-order valence-corrected chi connectivity index (χ2v) is 4.84. The van der Waals surface area contributed by atoms with E-state index in [0.717, 1.165) is 5.56 Å². The van der Waals surface area contributed by atoms with Crippen LogP contribution in [0.15, 0.2) is 24.3 Å². The van der Waals surface area contributed by atoms with Gasteiger partial charge in [-0.05, 0) is 37.6 Å². The fourth-order valence-electron chi connectivity index (χ4n) is 1.69. The van der Waals surface area contributed by atoms with E-state index in [1.165, 1.54) is 0 Å². The van der Waals surface area contributed by atoms with Crippen molar-refractivity contribution in [1.29, 1.82) is 0 Å². The summed E-state index contributed by atoms with van der Waals surface area (Å²) in [6, 6.07) is 7.59. The van der Waals surface area contributed by atoms with E-state index in [1.807, 2.05) is 50.3 Å². The molecule has 0 unspecified atom stereocenters. The molecule has 19 heavy (non-hydrogen) atoms. The number of halogens is 1. The average Bonchev–Trinajstić information content (AvgIpc) is 2.81. The van der Waals surface area contributed by atoms with Gasteiger partial charge in [-0.2, -0.15) is 0 Å². The Morgan fingerprint density at radius 3 is 2.47 bits per heavy atom. The van der Waals surface area contributed by atoms with Gasteiger partial charge in [0.05, 0.1) is 5.69 Å². The van der Waals surface area contributed by atoms with Gasteiger partial charge >= 0.3 is 0 Å². The van der Waals surface area contributed by atoms with E-state index in [-0.39, 0.29) is 6.04 Å². The molecule has 0 N–H and O–H groups in total. The zero-order valence-corrected chi connectivity index (χ0v) is 11.5. The Bertz CT molecular complexity index is 600. The number of hydrogen-bond acceptors (Lipinski definition) is 3.